The molecular formula is C18H15ClF3N3O3. The fourth-order valence-electron chi connectivity index (χ4n) is 2.97. The Kier molecular flexibility index (Phi) is 4.97. The first kappa shape index (κ1) is 19.9. The highest BCUT2D eigenvalue weighted by Crippen LogP contribution is 2.30. The average Bonchev–Trinajstić information content (AvgIpc) is 3.13. The number of aryl methyl sites for hydroxylation is 2. The molecule has 3 aromatic rings. The second-order valence-electron chi connectivity index (χ2n) is 6.35. The summed E-state index contributed by atoms with van der Waals surface area (Å²) >= 11 is 5.63. The number of aromatic nitrogens is 3. The summed E-state index contributed by atoms with van der Waals surface area (Å²) in [5.41, 5.74) is -0.499. The van der Waals surface area contributed by atoms with Crippen molar-refractivity contribution in [3.05, 3.63) is 68.0 Å². The molecule has 0 aromatic carbocycles. The average molecular weight is 414 g/mol. The van der Waals surface area contributed by atoms with E-state index in [4.69, 9.17) is 16.1 Å². The SMILES string of the molecule is Cc1cc(-n2c(C)cc(C(=O)Cn3cc(C(F)(F)F)cc(Cl)c3=O)c2C)no1. The van der Waals surface area contributed by atoms with Gasteiger partial charge in [0.05, 0.1) is 12.1 Å². The lowest BCUT2D eigenvalue weighted by molar-refractivity contribution is -0.138. The molecule has 0 radical (unpaired) electrons. The third-order valence-electron chi connectivity index (χ3n) is 4.26. The van der Waals surface area contributed by atoms with E-state index in [1.165, 1.54) is 0 Å². The first-order valence-corrected chi connectivity index (χ1v) is 8.50. The van der Waals surface area contributed by atoms with Crippen LogP contribution in [0.2, 0.25) is 5.02 Å². The van der Waals surface area contributed by atoms with Gasteiger partial charge in [-0.3, -0.25) is 14.2 Å². The number of nitrogens with zero attached hydrogens (tertiary/aromatic N) is 3. The molecule has 10 heteroatoms. The maximum Gasteiger partial charge on any atom is 0.417 e. The zero-order valence-electron chi connectivity index (χ0n) is 15.1. The molecule has 148 valence electrons. The van der Waals surface area contributed by atoms with Crippen molar-refractivity contribution in [2.24, 2.45) is 0 Å². The van der Waals surface area contributed by atoms with E-state index in [1.54, 1.807) is 37.5 Å². The molecular weight excluding hydrogens is 399 g/mol. The molecule has 0 N–H and O–H groups in total. The van der Waals surface area contributed by atoms with Gasteiger partial charge in [0.15, 0.2) is 11.6 Å². The van der Waals surface area contributed by atoms with Crippen molar-refractivity contribution >= 4 is 17.4 Å². The summed E-state index contributed by atoms with van der Waals surface area (Å²) in [6.07, 6.45) is -4.10. The minimum Gasteiger partial charge on any atom is -0.360 e. The van der Waals surface area contributed by atoms with E-state index in [-0.39, 0.29) is 5.56 Å². The Morgan fingerprint density at radius 2 is 1.89 bits per heavy atom. The molecule has 6 nitrogen and oxygen atoms in total. The zero-order valence-corrected chi connectivity index (χ0v) is 15.9. The first-order chi connectivity index (χ1) is 13.0. The van der Waals surface area contributed by atoms with Gasteiger partial charge >= 0.3 is 6.18 Å². The normalized spacial score (nSPS) is 11.8. The van der Waals surface area contributed by atoms with E-state index in [0.717, 1.165) is 0 Å². The molecule has 0 unspecified atom stereocenters. The second kappa shape index (κ2) is 6.97. The van der Waals surface area contributed by atoms with Gasteiger partial charge in [0.25, 0.3) is 5.56 Å². The predicted molar refractivity (Wildman–Crippen MR) is 95.1 cm³/mol. The molecule has 0 saturated heterocycles. The van der Waals surface area contributed by atoms with E-state index >= 15 is 0 Å². The van der Waals surface area contributed by atoms with Crippen LogP contribution in [0, 0.1) is 20.8 Å². The molecule has 28 heavy (non-hydrogen) atoms. The van der Waals surface area contributed by atoms with Crippen molar-refractivity contribution in [2.45, 2.75) is 33.5 Å². The van der Waals surface area contributed by atoms with Crippen molar-refractivity contribution in [1.82, 2.24) is 14.3 Å². The van der Waals surface area contributed by atoms with Crippen LogP contribution in [-0.4, -0.2) is 20.1 Å². The van der Waals surface area contributed by atoms with Gasteiger partial charge in [-0.1, -0.05) is 16.8 Å². The number of alkyl halides is 3. The van der Waals surface area contributed by atoms with Crippen molar-refractivity contribution in [3.8, 4) is 5.82 Å². The highest BCUT2D eigenvalue weighted by atomic mass is 35.5. The molecule has 0 saturated carbocycles. The molecule has 0 aliphatic carbocycles. The van der Waals surface area contributed by atoms with Crippen LogP contribution < -0.4 is 5.56 Å². The number of halogens is 4. The van der Waals surface area contributed by atoms with Crippen LogP contribution in [0.4, 0.5) is 13.2 Å². The summed E-state index contributed by atoms with van der Waals surface area (Å²) in [4.78, 5) is 24.8. The van der Waals surface area contributed by atoms with E-state index in [9.17, 15) is 22.8 Å². The summed E-state index contributed by atoms with van der Waals surface area (Å²) < 4.78 is 46.3. The van der Waals surface area contributed by atoms with Gasteiger partial charge in [0, 0.05) is 29.2 Å². The highest BCUT2D eigenvalue weighted by molar-refractivity contribution is 6.30. The van der Waals surface area contributed by atoms with Gasteiger partial charge in [-0.15, -0.1) is 0 Å². The molecule has 3 rings (SSSR count). The second-order valence-corrected chi connectivity index (χ2v) is 6.75. The molecule has 0 fully saturated rings. The third-order valence-corrected chi connectivity index (χ3v) is 4.53. The van der Waals surface area contributed by atoms with Crippen LogP contribution in [0.25, 0.3) is 5.82 Å². The van der Waals surface area contributed by atoms with Crippen LogP contribution in [0.5, 0.6) is 0 Å². The van der Waals surface area contributed by atoms with Crippen molar-refractivity contribution in [2.75, 3.05) is 0 Å². The number of rotatable bonds is 4. The minimum absolute atomic E-state index is 0.263. The van der Waals surface area contributed by atoms with E-state index in [2.05, 4.69) is 5.16 Å². The van der Waals surface area contributed by atoms with Crippen molar-refractivity contribution in [1.29, 1.82) is 0 Å². The quantitative estimate of drug-likeness (QED) is 0.604. The summed E-state index contributed by atoms with van der Waals surface area (Å²) in [7, 11) is 0. The molecule has 0 aliphatic rings. The Morgan fingerprint density at radius 3 is 2.46 bits per heavy atom. The molecule has 3 aromatic heterocycles. The van der Waals surface area contributed by atoms with Crippen molar-refractivity contribution < 1.29 is 22.5 Å². The number of pyridine rings is 1. The fourth-order valence-corrected chi connectivity index (χ4v) is 3.19. The summed E-state index contributed by atoms with van der Waals surface area (Å²) in [6, 6.07) is 3.82. The smallest absolute Gasteiger partial charge is 0.360 e. The first-order valence-electron chi connectivity index (χ1n) is 8.12. The fraction of sp³-hybridized carbons (Fsp3) is 0.278. The summed E-state index contributed by atoms with van der Waals surface area (Å²) in [5.74, 6) is 0.531. The molecule has 0 aliphatic heterocycles. The topological polar surface area (TPSA) is 70.0 Å². The standard InChI is InChI=1S/C18H15ClF3N3O3/c1-9-4-13(11(3)25(9)16-5-10(2)28-23-16)15(26)8-24-7-12(18(20,21)22)6-14(19)17(24)27/h4-7H,8H2,1-3H3. The maximum absolute atomic E-state index is 13.0. The summed E-state index contributed by atoms with van der Waals surface area (Å²) in [5, 5.41) is 3.30. The Bertz CT molecular complexity index is 1130. The van der Waals surface area contributed by atoms with E-state index in [0.29, 0.717) is 39.8 Å². The Balaban J connectivity index is 1.99. The number of carbonyl (C=O) groups is 1. The van der Waals surface area contributed by atoms with Gasteiger partial charge in [-0.25, -0.2) is 0 Å². The molecule has 0 bridgehead atoms. The Labute approximate surface area is 162 Å². The number of ketones is 1. The van der Waals surface area contributed by atoms with Gasteiger partial charge in [-0.05, 0) is 32.9 Å². The lowest BCUT2D eigenvalue weighted by Crippen LogP contribution is -2.26. The number of Topliss-reactive ketones (excluding diaryl/α,β-unsaturated/α-hetero) is 1. The third kappa shape index (κ3) is 3.62. The Hall–Kier alpha value is -2.81. The molecule has 0 spiro atoms. The minimum atomic E-state index is -4.69. The van der Waals surface area contributed by atoms with E-state index < -0.39 is 34.6 Å². The molecule has 0 amide bonds. The van der Waals surface area contributed by atoms with E-state index in [1.807, 2.05) is 0 Å². The molecule has 0 atom stereocenters. The van der Waals surface area contributed by atoms with Gasteiger partial charge in [0.1, 0.15) is 10.8 Å². The number of hydrogen-bond acceptors (Lipinski definition) is 4. The largest absolute Gasteiger partial charge is 0.417 e. The van der Waals surface area contributed by atoms with Gasteiger partial charge in [0.2, 0.25) is 0 Å². The highest BCUT2D eigenvalue weighted by Gasteiger charge is 2.32. The maximum atomic E-state index is 13.0. The van der Waals surface area contributed by atoms with Crippen LogP contribution >= 0.6 is 11.6 Å². The van der Waals surface area contributed by atoms with Gasteiger partial charge in [-0.2, -0.15) is 13.2 Å². The van der Waals surface area contributed by atoms with Crippen LogP contribution in [0.1, 0.15) is 33.1 Å². The van der Waals surface area contributed by atoms with Crippen LogP contribution in [0.15, 0.2) is 33.7 Å². The lowest BCUT2D eigenvalue weighted by atomic mass is 10.1. The van der Waals surface area contributed by atoms with Crippen molar-refractivity contribution in [3.63, 3.8) is 0 Å². The predicted octanol–water partition coefficient (Wildman–Crippen LogP) is 4.11. The van der Waals surface area contributed by atoms with Crippen LogP contribution in [-0.2, 0) is 12.7 Å². The molecule has 3 heterocycles. The van der Waals surface area contributed by atoms with Gasteiger partial charge < -0.3 is 9.09 Å². The monoisotopic (exact) mass is 413 g/mol. The summed E-state index contributed by atoms with van der Waals surface area (Å²) in [6.45, 7) is 4.57. The Morgan fingerprint density at radius 1 is 1.21 bits per heavy atom. The zero-order chi connectivity index (χ0) is 20.8. The van der Waals surface area contributed by atoms with Crippen LogP contribution in [0.3, 0.4) is 0 Å². The number of hydrogen-bond donors (Lipinski definition) is 0. The number of carbonyl (C=O) groups excluding carboxylic acids is 1. The lowest BCUT2D eigenvalue weighted by Gasteiger charge is -2.11.